The zero-order valence-electron chi connectivity index (χ0n) is 16.2. The van der Waals surface area contributed by atoms with Crippen molar-refractivity contribution in [2.75, 3.05) is 12.4 Å². The van der Waals surface area contributed by atoms with Crippen LogP contribution in [-0.2, 0) is 0 Å². The van der Waals surface area contributed by atoms with E-state index in [1.54, 1.807) is 12.3 Å². The van der Waals surface area contributed by atoms with Gasteiger partial charge in [-0.25, -0.2) is 4.98 Å². The fourth-order valence-electron chi connectivity index (χ4n) is 4.76. The summed E-state index contributed by atoms with van der Waals surface area (Å²) in [5.74, 6) is 1.11. The number of aromatic nitrogens is 1. The zero-order chi connectivity index (χ0) is 19.7. The van der Waals surface area contributed by atoms with Crippen LogP contribution >= 0.6 is 15.9 Å². The van der Waals surface area contributed by atoms with Gasteiger partial charge in [-0.3, -0.25) is 0 Å². The molecular weight excluding hydrogens is 420 g/mol. The predicted molar refractivity (Wildman–Crippen MR) is 112 cm³/mol. The largest absolute Gasteiger partial charge is 0.444 e. The molecule has 2 saturated carbocycles. The molecule has 2 aliphatic carbocycles. The minimum Gasteiger partial charge on any atom is -0.444 e. The number of nitrogens with zero attached hydrogens (tertiary/aromatic N) is 3. The third-order valence-corrected chi connectivity index (χ3v) is 7.24. The number of anilines is 1. The van der Waals surface area contributed by atoms with Gasteiger partial charge in [0.25, 0.3) is 0 Å². The standard InChI is InChI=1S/C21H27BrN4O2/c1-26(15-3-2-4-16(27)9-15)14-7-5-13(6-8-14)25-21-20(22)18-10-17(11-23)28-19(18)12-24-21/h10,12-16,27H,2-9H2,1H3,(H,24,25)/t13?,14?,15-,16+/m1/s1. The summed E-state index contributed by atoms with van der Waals surface area (Å²) >= 11 is 3.62. The molecule has 4 rings (SSSR count). The highest BCUT2D eigenvalue weighted by Crippen LogP contribution is 2.34. The van der Waals surface area contributed by atoms with E-state index in [4.69, 9.17) is 9.68 Å². The molecule has 150 valence electrons. The second-order valence-corrected chi connectivity index (χ2v) is 9.00. The van der Waals surface area contributed by atoms with Crippen LogP contribution in [0.3, 0.4) is 0 Å². The summed E-state index contributed by atoms with van der Waals surface area (Å²) in [6, 6.07) is 5.29. The first-order valence-electron chi connectivity index (χ1n) is 10.2. The summed E-state index contributed by atoms with van der Waals surface area (Å²) in [6.07, 6.45) is 10.3. The van der Waals surface area contributed by atoms with Crippen molar-refractivity contribution >= 4 is 32.7 Å². The van der Waals surface area contributed by atoms with E-state index in [9.17, 15) is 5.11 Å². The molecule has 2 N–H and O–H groups in total. The smallest absolute Gasteiger partial charge is 0.204 e. The minimum absolute atomic E-state index is 0.123. The Labute approximate surface area is 174 Å². The highest BCUT2D eigenvalue weighted by Gasteiger charge is 2.31. The molecule has 0 radical (unpaired) electrons. The molecule has 2 heterocycles. The van der Waals surface area contributed by atoms with Gasteiger partial charge in [-0.2, -0.15) is 5.26 Å². The topological polar surface area (TPSA) is 85.3 Å². The van der Waals surface area contributed by atoms with Gasteiger partial charge in [-0.05, 0) is 74.3 Å². The monoisotopic (exact) mass is 446 g/mol. The van der Waals surface area contributed by atoms with Crippen LogP contribution in [0.4, 0.5) is 5.82 Å². The normalized spacial score (nSPS) is 28.4. The summed E-state index contributed by atoms with van der Waals surface area (Å²) in [5, 5.41) is 23.5. The average Bonchev–Trinajstić information content (AvgIpc) is 3.14. The van der Waals surface area contributed by atoms with Crippen LogP contribution in [0.25, 0.3) is 11.0 Å². The lowest BCUT2D eigenvalue weighted by molar-refractivity contribution is 0.0450. The molecular formula is C21H27BrN4O2. The van der Waals surface area contributed by atoms with Crippen LogP contribution in [0, 0.1) is 11.3 Å². The second kappa shape index (κ2) is 8.40. The number of furan rings is 1. The molecule has 2 aliphatic rings. The van der Waals surface area contributed by atoms with Gasteiger partial charge in [-0.15, -0.1) is 0 Å². The van der Waals surface area contributed by atoms with Crippen molar-refractivity contribution in [1.82, 2.24) is 9.88 Å². The van der Waals surface area contributed by atoms with Gasteiger partial charge < -0.3 is 19.7 Å². The average molecular weight is 447 g/mol. The fraction of sp³-hybridized carbons (Fsp3) is 0.619. The van der Waals surface area contributed by atoms with Crippen LogP contribution < -0.4 is 5.32 Å². The number of halogens is 1. The first-order chi connectivity index (χ1) is 13.5. The Morgan fingerprint density at radius 1 is 1.25 bits per heavy atom. The third-order valence-electron chi connectivity index (χ3n) is 6.43. The predicted octanol–water partition coefficient (Wildman–Crippen LogP) is 4.42. The number of rotatable bonds is 4. The Balaban J connectivity index is 1.36. The fourth-order valence-corrected chi connectivity index (χ4v) is 5.29. The molecule has 0 amide bonds. The molecule has 2 fully saturated rings. The molecule has 0 aliphatic heterocycles. The molecule has 7 heteroatoms. The van der Waals surface area contributed by atoms with E-state index in [2.05, 4.69) is 38.2 Å². The third kappa shape index (κ3) is 4.05. The highest BCUT2D eigenvalue weighted by molar-refractivity contribution is 9.10. The van der Waals surface area contributed by atoms with Gasteiger partial charge in [0.05, 0.1) is 16.8 Å². The number of aliphatic hydroxyl groups excluding tert-OH is 1. The lowest BCUT2D eigenvalue weighted by Gasteiger charge is -2.41. The summed E-state index contributed by atoms with van der Waals surface area (Å²) in [7, 11) is 2.24. The van der Waals surface area contributed by atoms with Gasteiger partial charge in [0.15, 0.2) is 5.58 Å². The maximum atomic E-state index is 9.98. The van der Waals surface area contributed by atoms with E-state index < -0.39 is 0 Å². The van der Waals surface area contributed by atoms with Crippen LogP contribution in [0.15, 0.2) is 21.2 Å². The number of nitrogens with one attached hydrogen (secondary N) is 1. The Kier molecular flexibility index (Phi) is 5.91. The van der Waals surface area contributed by atoms with E-state index in [0.717, 1.165) is 60.6 Å². The molecule has 6 nitrogen and oxygen atoms in total. The Morgan fingerprint density at radius 3 is 2.75 bits per heavy atom. The number of pyridine rings is 1. The SMILES string of the molecule is CN(C1CCC(Nc2ncc3oc(C#N)cc3c2Br)CC1)[C@@H]1CCC[C@H](O)C1. The lowest BCUT2D eigenvalue weighted by Crippen LogP contribution is -2.46. The van der Waals surface area contributed by atoms with Gasteiger partial charge >= 0.3 is 0 Å². The van der Waals surface area contributed by atoms with Gasteiger partial charge in [0, 0.05) is 29.6 Å². The van der Waals surface area contributed by atoms with Crippen molar-refractivity contribution in [3.63, 3.8) is 0 Å². The van der Waals surface area contributed by atoms with E-state index in [1.807, 2.05) is 6.07 Å². The second-order valence-electron chi connectivity index (χ2n) is 8.21. The molecule has 2 aromatic rings. The van der Waals surface area contributed by atoms with Gasteiger partial charge in [-0.1, -0.05) is 0 Å². The van der Waals surface area contributed by atoms with Crippen LogP contribution in [0.1, 0.15) is 57.1 Å². The Morgan fingerprint density at radius 2 is 2.04 bits per heavy atom. The van der Waals surface area contributed by atoms with Crippen LogP contribution in [0.2, 0.25) is 0 Å². The van der Waals surface area contributed by atoms with Crippen LogP contribution in [0.5, 0.6) is 0 Å². The molecule has 0 saturated heterocycles. The lowest BCUT2D eigenvalue weighted by atomic mass is 9.86. The number of nitriles is 1. The molecule has 2 atom stereocenters. The Hall–Kier alpha value is -1.62. The quantitative estimate of drug-likeness (QED) is 0.722. The van der Waals surface area contributed by atoms with Crippen molar-refractivity contribution in [2.24, 2.45) is 0 Å². The number of hydrogen-bond donors (Lipinski definition) is 2. The molecule has 0 aromatic carbocycles. The van der Waals surface area contributed by atoms with Crippen molar-refractivity contribution in [1.29, 1.82) is 5.26 Å². The molecule has 0 unspecified atom stereocenters. The summed E-state index contributed by atoms with van der Waals surface area (Å²) in [5.41, 5.74) is 0.619. The molecule has 0 bridgehead atoms. The van der Waals surface area contributed by atoms with Gasteiger partial charge in [0.1, 0.15) is 11.9 Å². The Bertz CT molecular complexity index is 869. The van der Waals surface area contributed by atoms with E-state index in [1.165, 1.54) is 6.42 Å². The van der Waals surface area contributed by atoms with Crippen molar-refractivity contribution in [2.45, 2.75) is 75.6 Å². The number of hydrogen-bond acceptors (Lipinski definition) is 6. The molecule has 28 heavy (non-hydrogen) atoms. The van der Waals surface area contributed by atoms with Crippen molar-refractivity contribution in [3.05, 3.63) is 22.5 Å². The van der Waals surface area contributed by atoms with Gasteiger partial charge in [0.2, 0.25) is 5.76 Å². The molecule has 0 spiro atoms. The van der Waals surface area contributed by atoms with Crippen molar-refractivity contribution < 1.29 is 9.52 Å². The maximum absolute atomic E-state index is 9.98. The summed E-state index contributed by atoms with van der Waals surface area (Å²) in [6.45, 7) is 0. The minimum atomic E-state index is -0.123. The maximum Gasteiger partial charge on any atom is 0.204 e. The van der Waals surface area contributed by atoms with Crippen molar-refractivity contribution in [3.8, 4) is 6.07 Å². The zero-order valence-corrected chi connectivity index (χ0v) is 17.8. The van der Waals surface area contributed by atoms with E-state index in [-0.39, 0.29) is 6.10 Å². The number of fused-ring (bicyclic) bond motifs is 1. The van der Waals surface area contributed by atoms with E-state index in [0.29, 0.717) is 29.5 Å². The van der Waals surface area contributed by atoms with Crippen LogP contribution in [-0.4, -0.2) is 46.3 Å². The first kappa shape index (κ1) is 19.7. The summed E-state index contributed by atoms with van der Waals surface area (Å²) in [4.78, 5) is 7.01. The summed E-state index contributed by atoms with van der Waals surface area (Å²) < 4.78 is 6.30. The number of aliphatic hydroxyl groups is 1. The highest BCUT2D eigenvalue weighted by atomic mass is 79.9. The molecule has 2 aromatic heterocycles. The van der Waals surface area contributed by atoms with E-state index >= 15 is 0 Å². The first-order valence-corrected chi connectivity index (χ1v) is 11.0.